The Morgan fingerprint density at radius 1 is 0.840 bits per heavy atom. The van der Waals surface area contributed by atoms with Crippen LogP contribution in [0.5, 0.6) is 5.75 Å². The lowest BCUT2D eigenvalue weighted by Gasteiger charge is -2.11. The average molecular weight is 356 g/mol. The van der Waals surface area contributed by atoms with E-state index in [0.29, 0.717) is 38.8 Å². The van der Waals surface area contributed by atoms with E-state index in [1.54, 1.807) is 7.11 Å². The summed E-state index contributed by atoms with van der Waals surface area (Å²) in [5.41, 5.74) is 4.33. The van der Waals surface area contributed by atoms with Crippen molar-refractivity contribution in [1.82, 2.24) is 10.9 Å². The first-order chi connectivity index (χ1) is 12.1. The number of benzene rings is 1. The number of hydrazine groups is 2. The third-order valence-electron chi connectivity index (χ3n) is 2.99. The van der Waals surface area contributed by atoms with Gasteiger partial charge in [0.1, 0.15) is 12.4 Å². The zero-order chi connectivity index (χ0) is 18.5. The van der Waals surface area contributed by atoms with E-state index in [-0.39, 0.29) is 17.7 Å². The molecule has 0 bridgehead atoms. The van der Waals surface area contributed by atoms with Gasteiger partial charge in [0.25, 0.3) is 11.8 Å². The van der Waals surface area contributed by atoms with Crippen molar-refractivity contribution in [1.29, 1.82) is 0 Å². The molecule has 6 N–H and O–H groups in total. The van der Waals surface area contributed by atoms with E-state index in [9.17, 15) is 9.59 Å². The minimum atomic E-state index is -0.555. The van der Waals surface area contributed by atoms with Crippen molar-refractivity contribution in [2.45, 2.75) is 0 Å². The van der Waals surface area contributed by atoms with Gasteiger partial charge in [-0.05, 0) is 18.2 Å². The lowest BCUT2D eigenvalue weighted by Crippen LogP contribution is -2.32. The zero-order valence-electron chi connectivity index (χ0n) is 14.1. The summed E-state index contributed by atoms with van der Waals surface area (Å²) in [6, 6.07) is 4.28. The summed E-state index contributed by atoms with van der Waals surface area (Å²) in [6.45, 7) is 2.47. The second-order valence-electron chi connectivity index (χ2n) is 4.76. The summed E-state index contributed by atoms with van der Waals surface area (Å²) in [7, 11) is 1.60. The van der Waals surface area contributed by atoms with Crippen LogP contribution < -0.4 is 27.3 Å². The molecule has 1 aromatic rings. The number of nitrogens with one attached hydrogen (secondary N) is 2. The maximum absolute atomic E-state index is 11.6. The molecule has 1 aromatic carbocycles. The number of rotatable bonds is 12. The molecular weight excluding hydrogens is 332 g/mol. The number of carbonyl (C=O) groups excluding carboxylic acids is 2. The molecule has 1 rings (SSSR count). The Labute approximate surface area is 145 Å². The molecule has 10 heteroatoms. The fourth-order valence-electron chi connectivity index (χ4n) is 1.79. The molecule has 0 fully saturated rings. The van der Waals surface area contributed by atoms with Crippen LogP contribution in [0.1, 0.15) is 20.7 Å². The third-order valence-corrected chi connectivity index (χ3v) is 2.99. The minimum absolute atomic E-state index is 0.172. The molecule has 0 unspecified atom stereocenters. The van der Waals surface area contributed by atoms with Crippen molar-refractivity contribution in [2.75, 3.05) is 46.8 Å². The van der Waals surface area contributed by atoms with Gasteiger partial charge in [0.2, 0.25) is 0 Å². The van der Waals surface area contributed by atoms with Crippen molar-refractivity contribution < 1.29 is 28.5 Å². The molecule has 0 aliphatic heterocycles. The summed E-state index contributed by atoms with van der Waals surface area (Å²) in [5, 5.41) is 0. The Morgan fingerprint density at radius 2 is 1.32 bits per heavy atom. The van der Waals surface area contributed by atoms with Gasteiger partial charge in [-0.25, -0.2) is 11.7 Å². The normalized spacial score (nSPS) is 10.4. The molecule has 10 nitrogen and oxygen atoms in total. The quantitative estimate of drug-likeness (QED) is 0.161. The molecule has 2 amide bonds. The second kappa shape index (κ2) is 12.2. The van der Waals surface area contributed by atoms with E-state index in [1.165, 1.54) is 18.2 Å². The number of nitrogens with two attached hydrogens (primary N) is 2. The standard InChI is InChI=1S/C15H24N4O6/c1-22-2-3-23-4-5-24-6-7-25-13-9-11(14(20)18-16)8-12(10-13)15(21)19-17/h8-10H,2-7,16-17H2,1H3,(H,18,20)(H,19,21). The van der Waals surface area contributed by atoms with E-state index < -0.39 is 11.8 Å². The summed E-state index contributed by atoms with van der Waals surface area (Å²) in [6.07, 6.45) is 0. The largest absolute Gasteiger partial charge is 0.491 e. The lowest BCUT2D eigenvalue weighted by molar-refractivity contribution is 0.0179. The van der Waals surface area contributed by atoms with Crippen LogP contribution in [-0.2, 0) is 14.2 Å². The molecule has 0 atom stereocenters. The van der Waals surface area contributed by atoms with Crippen molar-refractivity contribution in [3.63, 3.8) is 0 Å². The maximum atomic E-state index is 11.6. The van der Waals surface area contributed by atoms with Crippen LogP contribution in [0.15, 0.2) is 18.2 Å². The Kier molecular flexibility index (Phi) is 10.1. The molecule has 0 heterocycles. The first-order valence-corrected chi connectivity index (χ1v) is 7.56. The van der Waals surface area contributed by atoms with Gasteiger partial charge in [-0.1, -0.05) is 0 Å². The molecular formula is C15H24N4O6. The third kappa shape index (κ3) is 7.92. The molecule has 0 spiro atoms. The van der Waals surface area contributed by atoms with Crippen molar-refractivity contribution in [2.24, 2.45) is 11.7 Å². The summed E-state index contributed by atoms with van der Waals surface area (Å²) < 4.78 is 20.9. The first-order valence-electron chi connectivity index (χ1n) is 7.56. The van der Waals surface area contributed by atoms with Crippen LogP contribution in [0, 0.1) is 0 Å². The predicted molar refractivity (Wildman–Crippen MR) is 88.8 cm³/mol. The number of ether oxygens (including phenoxy) is 4. The van der Waals surface area contributed by atoms with Gasteiger partial charge in [0.15, 0.2) is 0 Å². The highest BCUT2D eigenvalue weighted by Crippen LogP contribution is 2.17. The number of methoxy groups -OCH3 is 1. The molecule has 25 heavy (non-hydrogen) atoms. The minimum Gasteiger partial charge on any atom is -0.491 e. The highest BCUT2D eigenvalue weighted by molar-refractivity contribution is 5.99. The van der Waals surface area contributed by atoms with Gasteiger partial charge in [0.05, 0.1) is 33.0 Å². The highest BCUT2D eigenvalue weighted by Gasteiger charge is 2.12. The number of hydrogen-bond acceptors (Lipinski definition) is 8. The van der Waals surface area contributed by atoms with Crippen LogP contribution in [-0.4, -0.2) is 58.6 Å². The molecule has 0 aliphatic carbocycles. The van der Waals surface area contributed by atoms with Crippen molar-refractivity contribution in [3.8, 4) is 5.75 Å². The van der Waals surface area contributed by atoms with E-state index in [0.717, 1.165) is 0 Å². The lowest BCUT2D eigenvalue weighted by atomic mass is 10.1. The molecule has 0 saturated heterocycles. The predicted octanol–water partition coefficient (Wildman–Crippen LogP) is -1.05. The topological polar surface area (TPSA) is 147 Å². The Hall–Kier alpha value is -2.24. The SMILES string of the molecule is COCCOCCOCCOc1cc(C(=O)NN)cc(C(=O)NN)c1. The molecule has 0 aromatic heterocycles. The average Bonchev–Trinajstić information content (AvgIpc) is 2.65. The van der Waals surface area contributed by atoms with Gasteiger partial charge >= 0.3 is 0 Å². The Balaban J connectivity index is 2.46. The fourth-order valence-corrected chi connectivity index (χ4v) is 1.79. The summed E-state index contributed by atoms with van der Waals surface area (Å²) >= 11 is 0. The number of amides is 2. The molecule has 140 valence electrons. The Bertz CT molecular complexity index is 521. The number of hydrogen-bond donors (Lipinski definition) is 4. The second-order valence-corrected chi connectivity index (χ2v) is 4.76. The first kappa shape index (κ1) is 20.8. The van der Waals surface area contributed by atoms with Gasteiger partial charge in [-0.2, -0.15) is 0 Å². The van der Waals surface area contributed by atoms with Crippen LogP contribution in [0.3, 0.4) is 0 Å². The zero-order valence-corrected chi connectivity index (χ0v) is 14.1. The van der Waals surface area contributed by atoms with E-state index in [2.05, 4.69) is 0 Å². The highest BCUT2D eigenvalue weighted by atomic mass is 16.6. The van der Waals surface area contributed by atoms with E-state index in [4.69, 9.17) is 30.6 Å². The Morgan fingerprint density at radius 3 is 1.80 bits per heavy atom. The van der Waals surface area contributed by atoms with Crippen molar-refractivity contribution >= 4 is 11.8 Å². The molecule has 0 radical (unpaired) electrons. The van der Waals surface area contributed by atoms with Crippen molar-refractivity contribution in [3.05, 3.63) is 29.3 Å². The smallest absolute Gasteiger partial charge is 0.265 e. The van der Waals surface area contributed by atoms with Crippen LogP contribution in [0.4, 0.5) is 0 Å². The summed E-state index contributed by atoms with van der Waals surface area (Å²) in [5.74, 6) is 9.42. The van der Waals surface area contributed by atoms with E-state index in [1.807, 2.05) is 10.9 Å². The van der Waals surface area contributed by atoms with Crippen LogP contribution in [0.2, 0.25) is 0 Å². The van der Waals surface area contributed by atoms with Gasteiger partial charge < -0.3 is 18.9 Å². The number of nitrogen functional groups attached to an aromatic ring is 2. The molecule has 0 aliphatic rings. The van der Waals surface area contributed by atoms with Gasteiger partial charge in [-0.15, -0.1) is 0 Å². The van der Waals surface area contributed by atoms with E-state index >= 15 is 0 Å². The molecule has 0 saturated carbocycles. The maximum Gasteiger partial charge on any atom is 0.265 e. The van der Waals surface area contributed by atoms with Gasteiger partial charge in [-0.3, -0.25) is 20.4 Å². The monoisotopic (exact) mass is 356 g/mol. The number of carbonyl (C=O) groups is 2. The van der Waals surface area contributed by atoms with Gasteiger partial charge in [0, 0.05) is 18.2 Å². The fraction of sp³-hybridized carbons (Fsp3) is 0.467. The summed E-state index contributed by atoms with van der Waals surface area (Å²) in [4.78, 5) is 23.3. The van der Waals surface area contributed by atoms with Crippen LogP contribution in [0.25, 0.3) is 0 Å². The van der Waals surface area contributed by atoms with Crippen LogP contribution >= 0.6 is 0 Å².